The van der Waals surface area contributed by atoms with Gasteiger partial charge in [-0.3, -0.25) is 0 Å². The zero-order chi connectivity index (χ0) is 24.9. The molecule has 1 aliphatic rings. The molecule has 2 aromatic heterocycles. The van der Waals surface area contributed by atoms with Gasteiger partial charge in [-0.15, -0.1) is 11.3 Å². The molecule has 0 N–H and O–H groups in total. The third-order valence-corrected chi connectivity index (χ3v) is 6.76. The molecular weight excluding hydrogens is 472 g/mol. The van der Waals surface area contributed by atoms with Crippen LogP contribution in [0.15, 0.2) is 65.6 Å². The van der Waals surface area contributed by atoms with Gasteiger partial charge >= 0.3 is 6.09 Å². The third kappa shape index (κ3) is 5.66. The van der Waals surface area contributed by atoms with Crippen LogP contribution < -0.4 is 9.64 Å². The van der Waals surface area contributed by atoms with Crippen molar-refractivity contribution in [2.45, 2.75) is 20.4 Å². The molecule has 0 spiro atoms. The van der Waals surface area contributed by atoms with E-state index in [1.54, 1.807) is 11.2 Å². The molecule has 2 aromatic carbocycles. The van der Waals surface area contributed by atoms with Crippen LogP contribution in [0.25, 0.3) is 22.0 Å². The van der Waals surface area contributed by atoms with E-state index >= 15 is 0 Å². The highest BCUT2D eigenvalue weighted by Crippen LogP contribution is 2.30. The standard InChI is InChI=1S/C28H30N4O3S/c1-20(2)16-32(28(33)35-24-8-13-36-18-24)17-21-4-3-5-22(14-21)23-6-7-26-25(15-23)27(30-19-29-26)31-9-11-34-12-10-31/h3-8,13-15,18-20H,9-12,16-17H2,1-2H3. The lowest BCUT2D eigenvalue weighted by Crippen LogP contribution is -2.36. The van der Waals surface area contributed by atoms with Crippen molar-refractivity contribution in [3.63, 3.8) is 0 Å². The number of carbonyl (C=O) groups excluding carboxylic acids is 1. The second kappa shape index (κ2) is 11.1. The molecule has 4 aromatic rings. The third-order valence-electron chi connectivity index (χ3n) is 6.10. The molecule has 1 aliphatic heterocycles. The highest BCUT2D eigenvalue weighted by molar-refractivity contribution is 7.08. The highest BCUT2D eigenvalue weighted by atomic mass is 32.1. The minimum absolute atomic E-state index is 0.322. The van der Waals surface area contributed by atoms with Crippen molar-refractivity contribution in [3.8, 4) is 16.9 Å². The molecule has 36 heavy (non-hydrogen) atoms. The molecular formula is C28H30N4O3S. The zero-order valence-corrected chi connectivity index (χ0v) is 21.4. The fourth-order valence-electron chi connectivity index (χ4n) is 4.44. The van der Waals surface area contributed by atoms with Gasteiger partial charge in [-0.1, -0.05) is 38.1 Å². The lowest BCUT2D eigenvalue weighted by atomic mass is 10.0. The van der Waals surface area contributed by atoms with Crippen LogP contribution in [0.4, 0.5) is 10.6 Å². The number of amides is 1. The predicted octanol–water partition coefficient (Wildman–Crippen LogP) is 5.85. The van der Waals surface area contributed by atoms with Crippen LogP contribution >= 0.6 is 11.3 Å². The van der Waals surface area contributed by atoms with Gasteiger partial charge < -0.3 is 19.3 Å². The number of anilines is 1. The number of thiophene rings is 1. The lowest BCUT2D eigenvalue weighted by Gasteiger charge is -2.28. The van der Waals surface area contributed by atoms with Gasteiger partial charge in [0.2, 0.25) is 0 Å². The van der Waals surface area contributed by atoms with Gasteiger partial charge in [-0.2, -0.15) is 0 Å². The van der Waals surface area contributed by atoms with Crippen LogP contribution in [0, 0.1) is 5.92 Å². The summed E-state index contributed by atoms with van der Waals surface area (Å²) in [6, 6.07) is 16.4. The monoisotopic (exact) mass is 502 g/mol. The Labute approximate surface area is 215 Å². The molecule has 5 rings (SSSR count). The van der Waals surface area contributed by atoms with Gasteiger partial charge in [0.1, 0.15) is 17.9 Å². The summed E-state index contributed by atoms with van der Waals surface area (Å²) < 4.78 is 11.1. The van der Waals surface area contributed by atoms with E-state index in [1.807, 2.05) is 29.0 Å². The van der Waals surface area contributed by atoms with E-state index in [9.17, 15) is 4.79 Å². The van der Waals surface area contributed by atoms with Gasteiger partial charge in [0, 0.05) is 36.9 Å². The van der Waals surface area contributed by atoms with Gasteiger partial charge in [-0.25, -0.2) is 14.8 Å². The van der Waals surface area contributed by atoms with Crippen LogP contribution in [-0.2, 0) is 11.3 Å². The second-order valence-corrected chi connectivity index (χ2v) is 10.1. The average molecular weight is 503 g/mol. The van der Waals surface area contributed by atoms with E-state index in [0.29, 0.717) is 38.0 Å². The SMILES string of the molecule is CC(C)CN(Cc1cccc(-c2ccc3ncnc(N4CCOCC4)c3c2)c1)C(=O)Oc1ccsc1. The second-order valence-electron chi connectivity index (χ2n) is 9.33. The predicted molar refractivity (Wildman–Crippen MR) is 144 cm³/mol. The normalized spacial score (nSPS) is 13.8. The Kier molecular flexibility index (Phi) is 7.44. The van der Waals surface area contributed by atoms with Gasteiger partial charge in [-0.05, 0) is 52.3 Å². The molecule has 186 valence electrons. The van der Waals surface area contributed by atoms with E-state index in [2.05, 4.69) is 59.0 Å². The summed E-state index contributed by atoms with van der Waals surface area (Å²) in [7, 11) is 0. The van der Waals surface area contributed by atoms with Crippen LogP contribution in [-0.4, -0.2) is 53.8 Å². The highest BCUT2D eigenvalue weighted by Gasteiger charge is 2.19. The number of hydrogen-bond donors (Lipinski definition) is 0. The van der Waals surface area contributed by atoms with Gasteiger partial charge in [0.25, 0.3) is 0 Å². The number of carbonyl (C=O) groups is 1. The van der Waals surface area contributed by atoms with Crippen LogP contribution in [0.5, 0.6) is 5.75 Å². The van der Waals surface area contributed by atoms with Crippen LogP contribution in [0.3, 0.4) is 0 Å². The van der Waals surface area contributed by atoms with E-state index in [0.717, 1.165) is 46.5 Å². The average Bonchev–Trinajstić information content (AvgIpc) is 3.41. The molecule has 0 radical (unpaired) electrons. The van der Waals surface area contributed by atoms with E-state index in [4.69, 9.17) is 9.47 Å². The maximum Gasteiger partial charge on any atom is 0.415 e. The molecule has 0 atom stereocenters. The number of aromatic nitrogens is 2. The summed E-state index contributed by atoms with van der Waals surface area (Å²) in [6.45, 7) is 8.34. The molecule has 3 heterocycles. The van der Waals surface area contributed by atoms with Crippen LogP contribution in [0.2, 0.25) is 0 Å². The summed E-state index contributed by atoms with van der Waals surface area (Å²) in [5.41, 5.74) is 4.14. The summed E-state index contributed by atoms with van der Waals surface area (Å²) >= 11 is 1.51. The van der Waals surface area contributed by atoms with Crippen molar-refractivity contribution < 1.29 is 14.3 Å². The van der Waals surface area contributed by atoms with Crippen molar-refractivity contribution in [1.29, 1.82) is 0 Å². The molecule has 8 heteroatoms. The van der Waals surface area contributed by atoms with Crippen molar-refractivity contribution >= 4 is 34.2 Å². The summed E-state index contributed by atoms with van der Waals surface area (Å²) in [6.07, 6.45) is 1.30. The smallest absolute Gasteiger partial charge is 0.409 e. The number of nitrogens with zero attached hydrogens (tertiary/aromatic N) is 4. The zero-order valence-electron chi connectivity index (χ0n) is 20.6. The first-order chi connectivity index (χ1) is 17.6. The van der Waals surface area contributed by atoms with Crippen molar-refractivity contribution in [2.75, 3.05) is 37.7 Å². The molecule has 1 amide bonds. The summed E-state index contributed by atoms with van der Waals surface area (Å²) in [5.74, 6) is 1.85. The number of fused-ring (bicyclic) bond motifs is 1. The minimum Gasteiger partial charge on any atom is -0.409 e. The molecule has 1 fully saturated rings. The first-order valence-electron chi connectivity index (χ1n) is 12.2. The maximum atomic E-state index is 12.9. The Balaban J connectivity index is 1.41. The Morgan fingerprint density at radius 3 is 2.72 bits per heavy atom. The number of benzene rings is 2. The molecule has 7 nitrogen and oxygen atoms in total. The van der Waals surface area contributed by atoms with E-state index < -0.39 is 0 Å². The number of ether oxygens (including phenoxy) is 2. The number of rotatable bonds is 7. The van der Waals surface area contributed by atoms with Gasteiger partial charge in [0.15, 0.2) is 0 Å². The van der Waals surface area contributed by atoms with Gasteiger partial charge in [0.05, 0.1) is 18.7 Å². The Morgan fingerprint density at radius 2 is 1.94 bits per heavy atom. The first kappa shape index (κ1) is 24.2. The van der Waals surface area contributed by atoms with Crippen molar-refractivity contribution in [2.24, 2.45) is 5.92 Å². The van der Waals surface area contributed by atoms with Crippen LogP contribution in [0.1, 0.15) is 19.4 Å². The lowest BCUT2D eigenvalue weighted by molar-refractivity contribution is 0.122. The Morgan fingerprint density at radius 1 is 1.11 bits per heavy atom. The fourth-order valence-corrected chi connectivity index (χ4v) is 4.99. The number of morpholine rings is 1. The summed E-state index contributed by atoms with van der Waals surface area (Å²) in [4.78, 5) is 26.0. The fraction of sp³-hybridized carbons (Fsp3) is 0.321. The Hall–Kier alpha value is -3.49. The molecule has 0 saturated carbocycles. The van der Waals surface area contributed by atoms with E-state index in [-0.39, 0.29) is 6.09 Å². The molecule has 0 aliphatic carbocycles. The van der Waals surface area contributed by atoms with Crippen molar-refractivity contribution in [3.05, 3.63) is 71.2 Å². The molecule has 0 unspecified atom stereocenters. The topological polar surface area (TPSA) is 67.8 Å². The largest absolute Gasteiger partial charge is 0.415 e. The quantitative estimate of drug-likeness (QED) is 0.316. The maximum absolute atomic E-state index is 12.9. The Bertz CT molecular complexity index is 1320. The molecule has 1 saturated heterocycles. The molecule has 0 bridgehead atoms. The van der Waals surface area contributed by atoms with E-state index in [1.165, 1.54) is 11.3 Å². The minimum atomic E-state index is -0.328. The van der Waals surface area contributed by atoms with Crippen molar-refractivity contribution in [1.82, 2.24) is 14.9 Å². The first-order valence-corrected chi connectivity index (χ1v) is 13.2. The number of hydrogen-bond acceptors (Lipinski definition) is 7. The summed E-state index contributed by atoms with van der Waals surface area (Å²) in [5, 5.41) is 4.77.